The lowest BCUT2D eigenvalue weighted by atomic mass is 9.89. The van der Waals surface area contributed by atoms with Gasteiger partial charge in [0, 0.05) is 25.2 Å². The molecule has 2 rings (SSSR count). The largest absolute Gasteiger partial charge is 0.444 e. The Labute approximate surface area is 121 Å². The van der Waals surface area contributed by atoms with Gasteiger partial charge in [-0.3, -0.25) is 0 Å². The molecule has 2 fully saturated rings. The van der Waals surface area contributed by atoms with Gasteiger partial charge in [0.05, 0.1) is 0 Å². The van der Waals surface area contributed by atoms with Crippen LogP contribution in [0.25, 0.3) is 0 Å². The molecule has 0 spiro atoms. The Hall–Kier alpha value is -0.840. The van der Waals surface area contributed by atoms with Gasteiger partial charge in [-0.1, -0.05) is 0 Å². The van der Waals surface area contributed by atoms with Crippen LogP contribution in [0.15, 0.2) is 0 Å². The van der Waals surface area contributed by atoms with Crippen molar-refractivity contribution in [2.75, 3.05) is 13.1 Å². The molecule has 2 heterocycles. The van der Waals surface area contributed by atoms with Crippen molar-refractivity contribution in [1.29, 1.82) is 0 Å². The molecule has 0 aromatic heterocycles. The van der Waals surface area contributed by atoms with Crippen LogP contribution in [0.2, 0.25) is 0 Å². The molecule has 0 aliphatic carbocycles. The van der Waals surface area contributed by atoms with E-state index in [2.05, 4.69) is 5.32 Å². The minimum absolute atomic E-state index is 0.189. The number of halogens is 1. The fourth-order valence-electron chi connectivity index (χ4n) is 3.40. The zero-order valence-electron chi connectivity index (χ0n) is 13.0. The average Bonchev–Trinajstić information content (AvgIpc) is 2.83. The lowest BCUT2D eigenvalue weighted by molar-refractivity contribution is 0.0205. The Morgan fingerprint density at radius 1 is 1.45 bits per heavy atom. The fraction of sp³-hybridized carbons (Fsp3) is 0.933. The summed E-state index contributed by atoms with van der Waals surface area (Å²) in [6.45, 7) is 8.41. The molecule has 2 aliphatic rings. The highest BCUT2D eigenvalue weighted by atomic mass is 19.1. The monoisotopic (exact) mass is 286 g/mol. The zero-order chi connectivity index (χ0) is 14.9. The molecule has 2 bridgehead atoms. The summed E-state index contributed by atoms with van der Waals surface area (Å²) in [5, 5.41) is 3.17. The molecule has 1 amide bonds. The van der Waals surface area contributed by atoms with E-state index in [0.717, 1.165) is 25.8 Å². The van der Waals surface area contributed by atoms with Gasteiger partial charge in [0.2, 0.25) is 0 Å². The Bertz CT molecular complexity index is 354. The van der Waals surface area contributed by atoms with Gasteiger partial charge in [0.25, 0.3) is 0 Å². The molecule has 2 saturated heterocycles. The number of nitrogens with zero attached hydrogens (tertiary/aromatic N) is 1. The van der Waals surface area contributed by atoms with E-state index in [-0.39, 0.29) is 12.1 Å². The van der Waals surface area contributed by atoms with E-state index in [1.165, 1.54) is 0 Å². The average molecular weight is 286 g/mol. The van der Waals surface area contributed by atoms with E-state index in [0.29, 0.717) is 18.5 Å². The first-order chi connectivity index (χ1) is 9.28. The Morgan fingerprint density at radius 2 is 2.15 bits per heavy atom. The standard InChI is InChI=1S/C15H27FN2O2/c1-10(16)8-17-9-11-7-12-5-6-13(11)18(12)14(19)20-15(2,3)4/h10-13,17H,5-9H2,1-4H3. The van der Waals surface area contributed by atoms with Crippen LogP contribution in [0.4, 0.5) is 9.18 Å². The molecule has 5 heteroatoms. The van der Waals surface area contributed by atoms with E-state index in [4.69, 9.17) is 4.74 Å². The summed E-state index contributed by atoms with van der Waals surface area (Å²) in [5.41, 5.74) is -0.448. The topological polar surface area (TPSA) is 41.6 Å². The van der Waals surface area contributed by atoms with Crippen molar-refractivity contribution in [3.8, 4) is 0 Å². The summed E-state index contributed by atoms with van der Waals surface area (Å²) in [6.07, 6.45) is 2.11. The summed E-state index contributed by atoms with van der Waals surface area (Å²) in [5.74, 6) is 0.431. The number of rotatable bonds is 4. The first kappa shape index (κ1) is 15.5. The molecule has 4 nitrogen and oxygen atoms in total. The summed E-state index contributed by atoms with van der Waals surface area (Å²) < 4.78 is 18.3. The van der Waals surface area contributed by atoms with Crippen molar-refractivity contribution in [2.24, 2.45) is 5.92 Å². The van der Waals surface area contributed by atoms with Gasteiger partial charge < -0.3 is 15.0 Å². The lowest BCUT2D eigenvalue weighted by Crippen LogP contribution is -2.41. The molecule has 20 heavy (non-hydrogen) atoms. The van der Waals surface area contributed by atoms with E-state index in [9.17, 15) is 9.18 Å². The molecule has 0 radical (unpaired) electrons. The molecule has 4 atom stereocenters. The molecule has 0 aromatic rings. The first-order valence-corrected chi connectivity index (χ1v) is 7.64. The van der Waals surface area contributed by atoms with Gasteiger partial charge in [0.15, 0.2) is 0 Å². The summed E-state index contributed by atoms with van der Waals surface area (Å²) >= 11 is 0. The van der Waals surface area contributed by atoms with Crippen molar-refractivity contribution in [2.45, 2.75) is 70.8 Å². The highest BCUT2D eigenvalue weighted by molar-refractivity contribution is 5.70. The number of alkyl halides is 1. The smallest absolute Gasteiger partial charge is 0.410 e. The van der Waals surface area contributed by atoms with Gasteiger partial charge >= 0.3 is 6.09 Å². The normalized spacial score (nSPS) is 30.6. The van der Waals surface area contributed by atoms with Crippen LogP contribution < -0.4 is 5.32 Å². The minimum atomic E-state index is -0.824. The van der Waals surface area contributed by atoms with Crippen LogP contribution in [0.1, 0.15) is 47.0 Å². The third-order valence-corrected chi connectivity index (χ3v) is 4.10. The summed E-state index contributed by atoms with van der Waals surface area (Å²) in [4.78, 5) is 14.2. The SMILES string of the molecule is CC(F)CNCC1CC2CCC1N2C(=O)OC(C)(C)C. The molecule has 4 unspecified atom stereocenters. The second-order valence-electron chi connectivity index (χ2n) is 7.12. The third-order valence-electron chi connectivity index (χ3n) is 4.10. The van der Waals surface area contributed by atoms with E-state index in [1.54, 1.807) is 6.92 Å². The Kier molecular flexibility index (Phi) is 4.57. The number of hydrogen-bond acceptors (Lipinski definition) is 3. The zero-order valence-corrected chi connectivity index (χ0v) is 13.0. The van der Waals surface area contributed by atoms with Gasteiger partial charge in [0.1, 0.15) is 11.8 Å². The number of nitrogens with one attached hydrogen (secondary N) is 1. The third kappa shape index (κ3) is 3.62. The predicted octanol–water partition coefficient (Wildman–Crippen LogP) is 2.72. The van der Waals surface area contributed by atoms with E-state index < -0.39 is 11.8 Å². The summed E-state index contributed by atoms with van der Waals surface area (Å²) in [7, 11) is 0. The van der Waals surface area contributed by atoms with Gasteiger partial charge in [-0.25, -0.2) is 9.18 Å². The van der Waals surface area contributed by atoms with Crippen molar-refractivity contribution in [3.05, 3.63) is 0 Å². The van der Waals surface area contributed by atoms with E-state index >= 15 is 0 Å². The molecule has 0 saturated carbocycles. The molecule has 0 aromatic carbocycles. The van der Waals surface area contributed by atoms with Crippen LogP contribution in [-0.4, -0.2) is 47.9 Å². The number of amides is 1. The van der Waals surface area contributed by atoms with Gasteiger partial charge in [-0.2, -0.15) is 0 Å². The minimum Gasteiger partial charge on any atom is -0.444 e. The quantitative estimate of drug-likeness (QED) is 0.864. The molecular weight excluding hydrogens is 259 g/mol. The number of hydrogen-bond donors (Lipinski definition) is 1. The first-order valence-electron chi connectivity index (χ1n) is 7.64. The Balaban J connectivity index is 1.88. The number of ether oxygens (including phenoxy) is 1. The highest BCUT2D eigenvalue weighted by Crippen LogP contribution is 2.42. The lowest BCUT2D eigenvalue weighted by Gasteiger charge is -2.28. The number of fused-ring (bicyclic) bond motifs is 2. The fourth-order valence-corrected chi connectivity index (χ4v) is 3.40. The van der Waals surface area contributed by atoms with Crippen molar-refractivity contribution in [3.63, 3.8) is 0 Å². The van der Waals surface area contributed by atoms with Crippen molar-refractivity contribution < 1.29 is 13.9 Å². The van der Waals surface area contributed by atoms with E-state index in [1.807, 2.05) is 25.7 Å². The van der Waals surface area contributed by atoms with Crippen molar-refractivity contribution >= 4 is 6.09 Å². The van der Waals surface area contributed by atoms with Crippen molar-refractivity contribution in [1.82, 2.24) is 10.2 Å². The van der Waals surface area contributed by atoms with Crippen LogP contribution in [0.5, 0.6) is 0 Å². The van der Waals surface area contributed by atoms with Gasteiger partial charge in [-0.05, 0) is 52.9 Å². The maximum atomic E-state index is 12.8. The molecular formula is C15H27FN2O2. The maximum Gasteiger partial charge on any atom is 0.410 e. The maximum absolute atomic E-state index is 12.8. The highest BCUT2D eigenvalue weighted by Gasteiger charge is 2.49. The van der Waals surface area contributed by atoms with Crippen LogP contribution in [0, 0.1) is 5.92 Å². The molecule has 2 aliphatic heterocycles. The Morgan fingerprint density at radius 3 is 2.75 bits per heavy atom. The summed E-state index contributed by atoms with van der Waals surface area (Å²) in [6, 6.07) is 0.571. The van der Waals surface area contributed by atoms with Gasteiger partial charge in [-0.15, -0.1) is 0 Å². The second-order valence-corrected chi connectivity index (χ2v) is 7.12. The number of carbonyl (C=O) groups excluding carboxylic acids is 1. The van der Waals surface area contributed by atoms with Crippen LogP contribution in [-0.2, 0) is 4.74 Å². The second kappa shape index (κ2) is 5.88. The molecule has 116 valence electrons. The number of carbonyl (C=O) groups is 1. The van der Waals surface area contributed by atoms with Crippen LogP contribution >= 0.6 is 0 Å². The molecule has 1 N–H and O–H groups in total. The van der Waals surface area contributed by atoms with Crippen LogP contribution in [0.3, 0.4) is 0 Å². The predicted molar refractivity (Wildman–Crippen MR) is 76.4 cm³/mol.